The fraction of sp³-hybridized carbons (Fsp3) is 0.0192. The fourth-order valence-electron chi connectivity index (χ4n) is 9.29. The molecule has 262 valence electrons. The quantitative estimate of drug-likeness (QED) is 0.193. The van der Waals surface area contributed by atoms with Crippen LogP contribution in [0.15, 0.2) is 199 Å². The molecule has 0 radical (unpaired) electrons. The molecule has 0 fully saturated rings. The standard InChI is InChI=1S/C52H34N4/c1-3-16-34(17-4-1)51-41-24-11-13-25-44(41)53-52(54-51)40-28-30-46(38-22-10-9-21-37(38)40)56-47-29-27-33-15-7-8-20-36(33)50(47)43-31-42-39-23-12-14-26-45(39)55(48(42)32-49(43)56)35-18-5-2-6-19-35/h1-32,51H,(H,53,54). The Balaban J connectivity index is 1.15. The van der Waals surface area contributed by atoms with Crippen molar-refractivity contribution in [1.82, 2.24) is 14.5 Å². The Hall–Kier alpha value is -7.43. The summed E-state index contributed by atoms with van der Waals surface area (Å²) in [6, 6.07) is 70.3. The molecule has 11 aromatic rings. The maximum atomic E-state index is 5.26. The maximum absolute atomic E-state index is 5.26. The molecule has 1 aliphatic rings. The number of fused-ring (bicyclic) bond motifs is 10. The predicted octanol–water partition coefficient (Wildman–Crippen LogP) is 13.0. The van der Waals surface area contributed by atoms with Crippen molar-refractivity contribution in [2.75, 3.05) is 0 Å². The lowest BCUT2D eigenvalue weighted by Gasteiger charge is -2.28. The number of rotatable bonds is 4. The molecule has 0 aliphatic carbocycles. The van der Waals surface area contributed by atoms with Crippen molar-refractivity contribution in [3.63, 3.8) is 0 Å². The van der Waals surface area contributed by atoms with Gasteiger partial charge in [0.15, 0.2) is 0 Å². The third kappa shape index (κ3) is 4.50. The number of hydrogen-bond donors (Lipinski definition) is 1. The number of nitrogens with zero attached hydrogens (tertiary/aromatic N) is 3. The molecule has 56 heavy (non-hydrogen) atoms. The molecular weight excluding hydrogens is 681 g/mol. The van der Waals surface area contributed by atoms with Crippen LogP contribution >= 0.6 is 0 Å². The third-order valence-corrected chi connectivity index (χ3v) is 11.8. The van der Waals surface area contributed by atoms with Crippen LogP contribution < -0.4 is 5.32 Å². The Morgan fingerprint density at radius 1 is 0.429 bits per heavy atom. The van der Waals surface area contributed by atoms with Crippen LogP contribution in [0.3, 0.4) is 0 Å². The number of aromatic nitrogens is 2. The number of hydrogen-bond acceptors (Lipinski definition) is 2. The van der Waals surface area contributed by atoms with Crippen LogP contribution in [-0.4, -0.2) is 15.0 Å². The normalized spacial score (nSPS) is 14.1. The molecule has 4 heteroatoms. The van der Waals surface area contributed by atoms with Gasteiger partial charge in [0.05, 0.1) is 39.5 Å². The molecule has 2 aromatic heterocycles. The minimum absolute atomic E-state index is 0.0114. The molecule has 0 bridgehead atoms. The summed E-state index contributed by atoms with van der Waals surface area (Å²) in [6.07, 6.45) is 0. The van der Waals surface area contributed by atoms with Crippen LogP contribution in [0.4, 0.5) is 5.69 Å². The summed E-state index contributed by atoms with van der Waals surface area (Å²) in [6.45, 7) is 0. The number of para-hydroxylation sites is 3. The van der Waals surface area contributed by atoms with Crippen LogP contribution in [-0.2, 0) is 0 Å². The number of aliphatic imine (C=N–C) groups is 1. The fourth-order valence-corrected chi connectivity index (χ4v) is 9.29. The summed E-state index contributed by atoms with van der Waals surface area (Å²) in [5.74, 6) is 0.877. The van der Waals surface area contributed by atoms with Gasteiger partial charge in [-0.1, -0.05) is 140 Å². The monoisotopic (exact) mass is 714 g/mol. The van der Waals surface area contributed by atoms with Crippen molar-refractivity contribution in [3.8, 4) is 11.4 Å². The van der Waals surface area contributed by atoms with Crippen LogP contribution in [0.1, 0.15) is 22.7 Å². The lowest BCUT2D eigenvalue weighted by atomic mass is 9.94. The Kier molecular flexibility index (Phi) is 6.66. The van der Waals surface area contributed by atoms with E-state index in [0.29, 0.717) is 0 Å². The Morgan fingerprint density at radius 2 is 1.11 bits per heavy atom. The van der Waals surface area contributed by atoms with E-state index in [1.54, 1.807) is 0 Å². The zero-order valence-electron chi connectivity index (χ0n) is 30.4. The lowest BCUT2D eigenvalue weighted by molar-refractivity contribution is 0.750. The average Bonchev–Trinajstić information content (AvgIpc) is 3.77. The van der Waals surface area contributed by atoms with E-state index in [1.165, 1.54) is 70.9 Å². The van der Waals surface area contributed by atoms with Gasteiger partial charge in [0.25, 0.3) is 0 Å². The van der Waals surface area contributed by atoms with Crippen molar-refractivity contribution < 1.29 is 0 Å². The molecule has 1 atom stereocenters. The highest BCUT2D eigenvalue weighted by Crippen LogP contribution is 2.43. The van der Waals surface area contributed by atoms with Gasteiger partial charge in [-0.3, -0.25) is 0 Å². The Bertz CT molecular complexity index is 3390. The molecule has 1 unspecified atom stereocenters. The zero-order chi connectivity index (χ0) is 36.7. The van der Waals surface area contributed by atoms with Gasteiger partial charge < -0.3 is 14.5 Å². The summed E-state index contributed by atoms with van der Waals surface area (Å²) >= 11 is 0. The molecule has 9 aromatic carbocycles. The average molecular weight is 715 g/mol. The molecule has 0 saturated carbocycles. The maximum Gasteiger partial charge on any atom is 0.135 e. The zero-order valence-corrected chi connectivity index (χ0v) is 30.4. The van der Waals surface area contributed by atoms with Crippen molar-refractivity contribution in [2.24, 2.45) is 4.99 Å². The second-order valence-electron chi connectivity index (χ2n) is 14.8. The van der Waals surface area contributed by atoms with E-state index in [1.807, 2.05) is 0 Å². The van der Waals surface area contributed by atoms with Crippen molar-refractivity contribution >= 4 is 76.7 Å². The van der Waals surface area contributed by atoms with E-state index in [-0.39, 0.29) is 6.04 Å². The van der Waals surface area contributed by atoms with E-state index in [2.05, 4.69) is 209 Å². The molecule has 0 spiro atoms. The molecular formula is C52H34N4. The van der Waals surface area contributed by atoms with Crippen molar-refractivity contribution in [2.45, 2.75) is 6.04 Å². The van der Waals surface area contributed by atoms with E-state index in [4.69, 9.17) is 4.99 Å². The van der Waals surface area contributed by atoms with Gasteiger partial charge in [0.1, 0.15) is 5.84 Å². The largest absolute Gasteiger partial charge is 0.359 e. The highest BCUT2D eigenvalue weighted by atomic mass is 15.1. The second kappa shape index (κ2) is 12.0. The molecule has 4 nitrogen and oxygen atoms in total. The lowest BCUT2D eigenvalue weighted by Crippen LogP contribution is -2.33. The first kappa shape index (κ1) is 31.0. The molecule has 1 aliphatic heterocycles. The molecule has 0 saturated heterocycles. The smallest absolute Gasteiger partial charge is 0.135 e. The molecule has 0 amide bonds. The van der Waals surface area contributed by atoms with Crippen LogP contribution in [0.2, 0.25) is 0 Å². The van der Waals surface area contributed by atoms with Gasteiger partial charge >= 0.3 is 0 Å². The van der Waals surface area contributed by atoms with Gasteiger partial charge in [-0.05, 0) is 76.3 Å². The summed E-state index contributed by atoms with van der Waals surface area (Å²) in [7, 11) is 0. The van der Waals surface area contributed by atoms with Gasteiger partial charge in [-0.15, -0.1) is 0 Å². The Morgan fingerprint density at radius 3 is 1.96 bits per heavy atom. The van der Waals surface area contributed by atoms with Crippen molar-refractivity contribution in [3.05, 3.63) is 211 Å². The number of amidine groups is 1. The van der Waals surface area contributed by atoms with Crippen LogP contribution in [0.25, 0.3) is 76.5 Å². The van der Waals surface area contributed by atoms with Gasteiger partial charge in [-0.25, -0.2) is 4.99 Å². The second-order valence-corrected chi connectivity index (χ2v) is 14.8. The summed E-state index contributed by atoms with van der Waals surface area (Å²) in [4.78, 5) is 5.26. The van der Waals surface area contributed by atoms with Crippen LogP contribution in [0, 0.1) is 0 Å². The minimum Gasteiger partial charge on any atom is -0.359 e. The van der Waals surface area contributed by atoms with E-state index < -0.39 is 0 Å². The highest BCUT2D eigenvalue weighted by Gasteiger charge is 2.26. The SMILES string of the molecule is c1ccc(C2NC(c3ccc(-n4c5cc6c(cc5c5c7ccccc7ccc54)c4ccccc4n6-c4ccccc4)c4ccccc34)=Nc3ccccc32)cc1. The summed E-state index contributed by atoms with van der Waals surface area (Å²) in [5, 5.41) is 13.7. The highest BCUT2D eigenvalue weighted by molar-refractivity contribution is 6.26. The number of nitrogens with one attached hydrogen (secondary N) is 1. The first-order valence-corrected chi connectivity index (χ1v) is 19.3. The van der Waals surface area contributed by atoms with Gasteiger partial charge in [0.2, 0.25) is 0 Å². The van der Waals surface area contributed by atoms with Gasteiger partial charge in [0, 0.05) is 43.7 Å². The van der Waals surface area contributed by atoms with Crippen LogP contribution in [0.5, 0.6) is 0 Å². The Labute approximate surface area is 323 Å². The third-order valence-electron chi connectivity index (χ3n) is 11.8. The first-order valence-electron chi connectivity index (χ1n) is 19.3. The summed E-state index contributed by atoms with van der Waals surface area (Å²) in [5.41, 5.74) is 11.5. The van der Waals surface area contributed by atoms with E-state index in [9.17, 15) is 0 Å². The molecule has 12 rings (SSSR count). The topological polar surface area (TPSA) is 34.2 Å². The van der Waals surface area contributed by atoms with Crippen molar-refractivity contribution in [1.29, 1.82) is 0 Å². The molecule has 1 N–H and O–H groups in total. The predicted molar refractivity (Wildman–Crippen MR) is 234 cm³/mol. The van der Waals surface area contributed by atoms with E-state index >= 15 is 0 Å². The van der Waals surface area contributed by atoms with E-state index in [0.717, 1.165) is 33.8 Å². The number of benzene rings is 9. The molecule has 3 heterocycles. The minimum atomic E-state index is -0.0114. The first-order chi connectivity index (χ1) is 27.8. The van der Waals surface area contributed by atoms with Gasteiger partial charge in [-0.2, -0.15) is 0 Å². The summed E-state index contributed by atoms with van der Waals surface area (Å²) < 4.78 is 4.91.